The normalized spacial score (nSPS) is 10.8. The highest BCUT2D eigenvalue weighted by Gasteiger charge is 2.08. The Morgan fingerprint density at radius 2 is 2.05 bits per heavy atom. The number of benzene rings is 2. The smallest absolute Gasteiger partial charge is 0.127 e. The van der Waals surface area contributed by atoms with Gasteiger partial charge in [-0.15, -0.1) is 11.3 Å². The first-order chi connectivity index (χ1) is 9.28. The van der Waals surface area contributed by atoms with Crippen molar-refractivity contribution in [1.29, 1.82) is 0 Å². The number of rotatable bonds is 3. The van der Waals surface area contributed by atoms with E-state index < -0.39 is 0 Å². The Balaban J connectivity index is 2.21. The fraction of sp³-hybridized carbons (Fsp3) is 0.188. The van der Waals surface area contributed by atoms with Gasteiger partial charge in [-0.3, -0.25) is 0 Å². The lowest BCUT2D eigenvalue weighted by atomic mass is 10.0. The monoisotopic (exact) mass is 269 g/mol. The van der Waals surface area contributed by atoms with E-state index in [1.54, 1.807) is 11.3 Å². The third-order valence-electron chi connectivity index (χ3n) is 3.04. The van der Waals surface area contributed by atoms with Crippen LogP contribution in [0, 0.1) is 6.92 Å². The van der Waals surface area contributed by atoms with Crippen LogP contribution in [0.1, 0.15) is 11.9 Å². The summed E-state index contributed by atoms with van der Waals surface area (Å²) in [6.45, 7) is 4.71. The highest BCUT2D eigenvalue weighted by molar-refractivity contribution is 7.09. The summed E-state index contributed by atoms with van der Waals surface area (Å²) < 4.78 is 5.76. The molecule has 19 heavy (non-hydrogen) atoms. The van der Waals surface area contributed by atoms with Crippen molar-refractivity contribution in [3.63, 3.8) is 0 Å². The van der Waals surface area contributed by atoms with Crippen molar-refractivity contribution in [3.05, 3.63) is 46.8 Å². The Morgan fingerprint density at radius 1 is 1.21 bits per heavy atom. The van der Waals surface area contributed by atoms with Gasteiger partial charge in [0.15, 0.2) is 0 Å². The van der Waals surface area contributed by atoms with Crippen LogP contribution in [0.5, 0.6) is 5.75 Å². The minimum absolute atomic E-state index is 0.670. The second kappa shape index (κ2) is 5.02. The van der Waals surface area contributed by atoms with E-state index >= 15 is 0 Å². The zero-order chi connectivity index (χ0) is 13.2. The highest BCUT2D eigenvalue weighted by atomic mass is 32.1. The van der Waals surface area contributed by atoms with E-state index in [4.69, 9.17) is 4.74 Å². The Hall–Kier alpha value is -1.87. The Bertz CT molecular complexity index is 718. The van der Waals surface area contributed by atoms with Gasteiger partial charge in [-0.25, -0.2) is 4.98 Å². The predicted octanol–water partition coefficient (Wildman–Crippen LogP) is 4.67. The maximum Gasteiger partial charge on any atom is 0.127 e. The van der Waals surface area contributed by atoms with Gasteiger partial charge >= 0.3 is 0 Å². The van der Waals surface area contributed by atoms with Crippen LogP contribution in [0.2, 0.25) is 0 Å². The molecule has 2 nitrogen and oxygen atoms in total. The molecule has 3 aromatic rings. The summed E-state index contributed by atoms with van der Waals surface area (Å²) >= 11 is 1.67. The lowest BCUT2D eigenvalue weighted by Crippen LogP contribution is -1.93. The van der Waals surface area contributed by atoms with Crippen molar-refractivity contribution in [2.75, 3.05) is 6.61 Å². The fourth-order valence-electron chi connectivity index (χ4n) is 2.19. The van der Waals surface area contributed by atoms with Gasteiger partial charge in [-0.1, -0.05) is 24.3 Å². The number of aryl methyl sites for hydroxylation is 1. The summed E-state index contributed by atoms with van der Waals surface area (Å²) in [6, 6.07) is 12.6. The van der Waals surface area contributed by atoms with Gasteiger partial charge < -0.3 is 4.74 Å². The van der Waals surface area contributed by atoms with Crippen molar-refractivity contribution in [2.45, 2.75) is 13.8 Å². The topological polar surface area (TPSA) is 22.1 Å². The van der Waals surface area contributed by atoms with Gasteiger partial charge in [0.1, 0.15) is 5.75 Å². The van der Waals surface area contributed by atoms with Crippen LogP contribution >= 0.6 is 11.3 Å². The van der Waals surface area contributed by atoms with E-state index in [2.05, 4.69) is 34.6 Å². The van der Waals surface area contributed by atoms with E-state index in [0.717, 1.165) is 27.4 Å². The lowest BCUT2D eigenvalue weighted by molar-refractivity contribution is 0.344. The number of thiazole rings is 1. The molecule has 0 aliphatic rings. The van der Waals surface area contributed by atoms with Gasteiger partial charge in [-0.2, -0.15) is 0 Å². The molecule has 3 rings (SSSR count). The number of fused-ring (bicyclic) bond motifs is 1. The van der Waals surface area contributed by atoms with Crippen LogP contribution < -0.4 is 4.74 Å². The van der Waals surface area contributed by atoms with E-state index in [1.165, 1.54) is 5.39 Å². The summed E-state index contributed by atoms with van der Waals surface area (Å²) in [6.07, 6.45) is 0. The fourth-order valence-corrected chi connectivity index (χ4v) is 2.82. The number of aromatic nitrogens is 1. The van der Waals surface area contributed by atoms with Crippen molar-refractivity contribution >= 4 is 22.1 Å². The molecule has 0 fully saturated rings. The van der Waals surface area contributed by atoms with Crippen molar-refractivity contribution < 1.29 is 4.74 Å². The van der Waals surface area contributed by atoms with Gasteiger partial charge in [0.2, 0.25) is 0 Å². The molecule has 0 bridgehead atoms. The van der Waals surface area contributed by atoms with Gasteiger partial charge in [-0.05, 0) is 31.4 Å². The van der Waals surface area contributed by atoms with E-state index in [0.29, 0.717) is 6.61 Å². The molecule has 0 N–H and O–H groups in total. The van der Waals surface area contributed by atoms with Crippen molar-refractivity contribution in [3.8, 4) is 17.0 Å². The van der Waals surface area contributed by atoms with Crippen molar-refractivity contribution in [2.24, 2.45) is 0 Å². The molecule has 0 spiro atoms. The molecule has 0 aliphatic carbocycles. The molecular weight excluding hydrogens is 254 g/mol. The number of ether oxygens (including phenoxy) is 1. The Morgan fingerprint density at radius 3 is 2.79 bits per heavy atom. The molecule has 0 atom stereocenters. The maximum atomic E-state index is 5.76. The van der Waals surface area contributed by atoms with Gasteiger partial charge in [0.25, 0.3) is 0 Å². The van der Waals surface area contributed by atoms with Crippen LogP contribution in [0.4, 0.5) is 0 Å². The molecule has 1 aromatic heterocycles. The highest BCUT2D eigenvalue weighted by Crippen LogP contribution is 2.32. The van der Waals surface area contributed by atoms with Crippen LogP contribution in [-0.2, 0) is 0 Å². The average Bonchev–Trinajstić information content (AvgIpc) is 2.86. The average molecular weight is 269 g/mol. The molecular formula is C16H15NOS. The summed E-state index contributed by atoms with van der Waals surface area (Å²) in [7, 11) is 0. The molecule has 0 saturated heterocycles. The second-order valence-electron chi connectivity index (χ2n) is 4.38. The molecule has 96 valence electrons. The first-order valence-electron chi connectivity index (χ1n) is 6.36. The SMILES string of the molecule is CCOc1cc(-c2csc(C)n2)cc2ccccc12. The minimum atomic E-state index is 0.670. The summed E-state index contributed by atoms with van der Waals surface area (Å²) in [4.78, 5) is 4.55. The number of hydrogen-bond acceptors (Lipinski definition) is 3. The molecule has 0 amide bonds. The third kappa shape index (κ3) is 2.34. The first-order valence-corrected chi connectivity index (χ1v) is 7.24. The summed E-state index contributed by atoms with van der Waals surface area (Å²) in [5.41, 5.74) is 2.14. The van der Waals surface area contributed by atoms with E-state index in [1.807, 2.05) is 26.0 Å². The van der Waals surface area contributed by atoms with Gasteiger partial charge in [0, 0.05) is 16.3 Å². The number of nitrogens with zero attached hydrogens (tertiary/aromatic N) is 1. The second-order valence-corrected chi connectivity index (χ2v) is 5.44. The zero-order valence-electron chi connectivity index (χ0n) is 11.0. The molecule has 2 aromatic carbocycles. The van der Waals surface area contributed by atoms with Crippen LogP contribution in [0.15, 0.2) is 41.8 Å². The standard InChI is InChI=1S/C16H15NOS/c1-3-18-16-9-13(15-10-19-11(2)17-15)8-12-6-4-5-7-14(12)16/h4-10H,3H2,1-2H3. The Labute approximate surface area is 116 Å². The molecule has 0 saturated carbocycles. The molecule has 0 aliphatic heterocycles. The molecule has 0 radical (unpaired) electrons. The minimum Gasteiger partial charge on any atom is -0.493 e. The summed E-state index contributed by atoms with van der Waals surface area (Å²) in [5, 5.41) is 5.52. The molecule has 1 heterocycles. The predicted molar refractivity (Wildman–Crippen MR) is 81.0 cm³/mol. The Kier molecular flexibility index (Phi) is 3.22. The van der Waals surface area contributed by atoms with Gasteiger partial charge in [0.05, 0.1) is 17.3 Å². The molecule has 3 heteroatoms. The number of hydrogen-bond donors (Lipinski definition) is 0. The summed E-state index contributed by atoms with van der Waals surface area (Å²) in [5.74, 6) is 0.932. The van der Waals surface area contributed by atoms with Crippen LogP contribution in [0.3, 0.4) is 0 Å². The van der Waals surface area contributed by atoms with E-state index in [9.17, 15) is 0 Å². The molecule has 0 unspecified atom stereocenters. The lowest BCUT2D eigenvalue weighted by Gasteiger charge is -2.09. The van der Waals surface area contributed by atoms with E-state index in [-0.39, 0.29) is 0 Å². The third-order valence-corrected chi connectivity index (χ3v) is 3.81. The first kappa shape index (κ1) is 12.2. The van der Waals surface area contributed by atoms with Crippen LogP contribution in [-0.4, -0.2) is 11.6 Å². The van der Waals surface area contributed by atoms with Crippen LogP contribution in [0.25, 0.3) is 22.0 Å². The largest absolute Gasteiger partial charge is 0.493 e. The quantitative estimate of drug-likeness (QED) is 0.689. The maximum absolute atomic E-state index is 5.76. The van der Waals surface area contributed by atoms with Crippen molar-refractivity contribution in [1.82, 2.24) is 4.98 Å². The zero-order valence-corrected chi connectivity index (χ0v) is 11.8.